The maximum absolute atomic E-state index is 13.2. The number of furan rings is 1. The van der Waals surface area contributed by atoms with Gasteiger partial charge in [0.25, 0.3) is 5.56 Å². The van der Waals surface area contributed by atoms with Crippen LogP contribution < -0.4 is 5.56 Å². The number of halogens is 2. The third-order valence-electron chi connectivity index (χ3n) is 6.10. The summed E-state index contributed by atoms with van der Waals surface area (Å²) in [5.74, 6) is 0.933. The van der Waals surface area contributed by atoms with Crippen molar-refractivity contribution in [3.05, 3.63) is 71.5 Å². The lowest BCUT2D eigenvalue weighted by Crippen LogP contribution is -2.24. The van der Waals surface area contributed by atoms with Gasteiger partial charge in [-0.05, 0) is 56.3 Å². The van der Waals surface area contributed by atoms with Gasteiger partial charge in [0, 0.05) is 42.3 Å². The second kappa shape index (κ2) is 9.97. The Kier molecular flexibility index (Phi) is 7.02. The second-order valence-electron chi connectivity index (χ2n) is 8.11. The number of likely N-dealkylation sites (tertiary alicyclic amines) is 1. The fourth-order valence-corrected chi connectivity index (χ4v) is 4.42. The molecule has 0 atom stereocenters. The van der Waals surface area contributed by atoms with Crippen molar-refractivity contribution in [1.82, 2.24) is 29.2 Å². The van der Waals surface area contributed by atoms with E-state index in [-0.39, 0.29) is 30.4 Å². The number of nitrogens with zero attached hydrogens (tertiary/aromatic N) is 6. The first kappa shape index (κ1) is 23.9. The molecule has 0 saturated carbocycles. The molecule has 1 aliphatic rings. The zero-order chi connectivity index (χ0) is 21.5. The molecule has 34 heavy (non-hydrogen) atoms. The molecule has 5 aromatic rings. The molecule has 176 valence electrons. The third kappa shape index (κ3) is 4.32. The lowest BCUT2D eigenvalue weighted by atomic mass is 10.2. The summed E-state index contributed by atoms with van der Waals surface area (Å²) < 4.78 is 9.49. The standard InChI is InChI=1S/C24H22N6O2.2ClH/c31-24-19-15-22(23-25-7-3-8-26-23)32-21(19)6-11-29(24)18-4-5-20-17(14-18)16-27-30(20)13-12-28-9-1-2-10-28;;/h3-8,11,14-16H,1-2,9-10,12-13H2;2*1H. The maximum Gasteiger partial charge on any atom is 0.266 e. The Balaban J connectivity index is 0.00000137. The number of hydrogen-bond acceptors (Lipinski definition) is 6. The Morgan fingerprint density at radius 3 is 2.56 bits per heavy atom. The summed E-state index contributed by atoms with van der Waals surface area (Å²) in [7, 11) is 0. The van der Waals surface area contributed by atoms with E-state index in [1.54, 1.807) is 41.4 Å². The van der Waals surface area contributed by atoms with Gasteiger partial charge in [0.05, 0.1) is 23.6 Å². The number of benzene rings is 1. The molecule has 0 spiro atoms. The second-order valence-corrected chi connectivity index (χ2v) is 8.11. The molecule has 0 amide bonds. The molecular formula is C24H24Cl2N6O2. The van der Waals surface area contributed by atoms with Gasteiger partial charge in [-0.1, -0.05) is 0 Å². The first-order chi connectivity index (χ1) is 15.8. The monoisotopic (exact) mass is 498 g/mol. The highest BCUT2D eigenvalue weighted by molar-refractivity contribution is 5.86. The van der Waals surface area contributed by atoms with E-state index in [9.17, 15) is 4.79 Å². The van der Waals surface area contributed by atoms with Crippen molar-refractivity contribution in [2.75, 3.05) is 19.6 Å². The highest BCUT2D eigenvalue weighted by Crippen LogP contribution is 2.24. The summed E-state index contributed by atoms with van der Waals surface area (Å²) in [6.07, 6.45) is 9.48. The smallest absolute Gasteiger partial charge is 0.266 e. The number of hydrogen-bond donors (Lipinski definition) is 0. The van der Waals surface area contributed by atoms with Gasteiger partial charge in [0.1, 0.15) is 5.58 Å². The molecule has 1 aliphatic heterocycles. The van der Waals surface area contributed by atoms with Crippen LogP contribution in [0.4, 0.5) is 0 Å². The Labute approximate surface area is 208 Å². The van der Waals surface area contributed by atoms with Crippen LogP contribution in [0.2, 0.25) is 0 Å². The molecular weight excluding hydrogens is 475 g/mol. The average Bonchev–Trinajstić information content (AvgIpc) is 3.58. The minimum absolute atomic E-state index is 0. The first-order valence-electron chi connectivity index (χ1n) is 10.9. The SMILES string of the molecule is Cl.Cl.O=c1c2cc(-c3ncccn3)oc2ccn1-c1ccc2c(cnn2CCN2CCCC2)c1. The fraction of sp³-hybridized carbons (Fsp3) is 0.250. The highest BCUT2D eigenvalue weighted by atomic mass is 35.5. The predicted molar refractivity (Wildman–Crippen MR) is 136 cm³/mol. The molecule has 0 unspecified atom stereocenters. The summed E-state index contributed by atoms with van der Waals surface area (Å²) in [5, 5.41) is 6.09. The molecule has 4 aromatic heterocycles. The molecule has 6 rings (SSSR count). The number of fused-ring (bicyclic) bond motifs is 2. The quantitative estimate of drug-likeness (QED) is 0.358. The van der Waals surface area contributed by atoms with Gasteiger partial charge in [0.15, 0.2) is 11.6 Å². The summed E-state index contributed by atoms with van der Waals surface area (Å²) in [4.78, 5) is 24.1. The first-order valence-corrected chi connectivity index (χ1v) is 10.9. The van der Waals surface area contributed by atoms with Crippen molar-refractivity contribution < 1.29 is 4.42 Å². The van der Waals surface area contributed by atoms with E-state index in [4.69, 9.17) is 4.42 Å². The van der Waals surface area contributed by atoms with Gasteiger partial charge < -0.3 is 9.32 Å². The maximum atomic E-state index is 13.2. The lowest BCUT2D eigenvalue weighted by molar-refractivity contribution is 0.318. The molecule has 10 heteroatoms. The van der Waals surface area contributed by atoms with Crippen LogP contribution in [-0.4, -0.2) is 48.8 Å². The van der Waals surface area contributed by atoms with Crippen LogP contribution in [0.3, 0.4) is 0 Å². The van der Waals surface area contributed by atoms with Crippen LogP contribution in [0, 0.1) is 0 Å². The van der Waals surface area contributed by atoms with Crippen molar-refractivity contribution in [3.8, 4) is 17.3 Å². The van der Waals surface area contributed by atoms with E-state index in [0.717, 1.165) is 29.7 Å². The average molecular weight is 499 g/mol. The lowest BCUT2D eigenvalue weighted by Gasteiger charge is -2.14. The van der Waals surface area contributed by atoms with Crippen LogP contribution in [0.25, 0.3) is 39.1 Å². The van der Waals surface area contributed by atoms with Crippen molar-refractivity contribution >= 4 is 46.7 Å². The molecule has 1 aromatic carbocycles. The van der Waals surface area contributed by atoms with E-state index in [1.165, 1.54) is 25.9 Å². The normalized spacial score (nSPS) is 13.8. The molecule has 5 heterocycles. The van der Waals surface area contributed by atoms with Crippen molar-refractivity contribution in [2.45, 2.75) is 19.4 Å². The van der Waals surface area contributed by atoms with Crippen molar-refractivity contribution in [3.63, 3.8) is 0 Å². The van der Waals surface area contributed by atoms with Crippen molar-refractivity contribution in [1.29, 1.82) is 0 Å². The summed E-state index contributed by atoms with van der Waals surface area (Å²) in [6, 6.07) is 11.3. The van der Waals surface area contributed by atoms with Crippen LogP contribution in [-0.2, 0) is 6.54 Å². The van der Waals surface area contributed by atoms with E-state index in [2.05, 4.69) is 20.0 Å². The number of pyridine rings is 1. The van der Waals surface area contributed by atoms with Gasteiger partial charge in [-0.25, -0.2) is 9.97 Å². The summed E-state index contributed by atoms with van der Waals surface area (Å²) >= 11 is 0. The van der Waals surface area contributed by atoms with Gasteiger partial charge in [-0.3, -0.25) is 14.0 Å². The third-order valence-corrected chi connectivity index (χ3v) is 6.10. The van der Waals surface area contributed by atoms with E-state index in [0.29, 0.717) is 22.6 Å². The predicted octanol–water partition coefficient (Wildman–Crippen LogP) is 4.33. The molecule has 1 fully saturated rings. The molecule has 1 saturated heterocycles. The van der Waals surface area contributed by atoms with Crippen LogP contribution >= 0.6 is 24.8 Å². The molecule has 0 bridgehead atoms. The van der Waals surface area contributed by atoms with Gasteiger partial charge in [-0.15, -0.1) is 24.8 Å². The Hall–Kier alpha value is -3.20. The van der Waals surface area contributed by atoms with Crippen LogP contribution in [0.1, 0.15) is 12.8 Å². The minimum Gasteiger partial charge on any atom is -0.452 e. The zero-order valence-electron chi connectivity index (χ0n) is 18.3. The Morgan fingerprint density at radius 2 is 1.76 bits per heavy atom. The molecule has 0 radical (unpaired) electrons. The fourth-order valence-electron chi connectivity index (χ4n) is 4.42. The van der Waals surface area contributed by atoms with Crippen LogP contribution in [0.15, 0.2) is 70.4 Å². The molecule has 0 aliphatic carbocycles. The molecule has 0 N–H and O–H groups in total. The van der Waals surface area contributed by atoms with E-state index in [1.807, 2.05) is 29.1 Å². The van der Waals surface area contributed by atoms with Gasteiger partial charge >= 0.3 is 0 Å². The largest absolute Gasteiger partial charge is 0.452 e. The highest BCUT2D eigenvalue weighted by Gasteiger charge is 2.15. The zero-order valence-corrected chi connectivity index (χ0v) is 20.0. The molecule has 8 nitrogen and oxygen atoms in total. The summed E-state index contributed by atoms with van der Waals surface area (Å²) in [5.41, 5.74) is 2.25. The van der Waals surface area contributed by atoms with E-state index < -0.39 is 0 Å². The van der Waals surface area contributed by atoms with Crippen LogP contribution in [0.5, 0.6) is 0 Å². The Morgan fingerprint density at radius 1 is 0.971 bits per heavy atom. The minimum atomic E-state index is -0.144. The summed E-state index contributed by atoms with van der Waals surface area (Å²) in [6.45, 7) is 4.25. The Bertz CT molecular complexity index is 1470. The number of rotatable bonds is 5. The number of aromatic nitrogens is 5. The topological polar surface area (TPSA) is 82.0 Å². The van der Waals surface area contributed by atoms with E-state index >= 15 is 0 Å². The van der Waals surface area contributed by atoms with Gasteiger partial charge in [-0.2, -0.15) is 5.10 Å². The van der Waals surface area contributed by atoms with Gasteiger partial charge in [0.2, 0.25) is 0 Å². The van der Waals surface area contributed by atoms with Crippen molar-refractivity contribution in [2.24, 2.45) is 0 Å².